The molecule has 0 radical (unpaired) electrons. The van der Waals surface area contributed by atoms with Crippen molar-refractivity contribution in [1.29, 1.82) is 0 Å². The van der Waals surface area contributed by atoms with Gasteiger partial charge in [-0.1, -0.05) is 24.3 Å². The lowest BCUT2D eigenvalue weighted by atomic mass is 10.4. The Morgan fingerprint density at radius 3 is 2.22 bits per heavy atom. The third-order valence-corrected chi connectivity index (χ3v) is 0.671. The van der Waals surface area contributed by atoms with Gasteiger partial charge in [-0.15, -0.1) is 12.4 Å². The molecule has 0 atom stereocenters. The first kappa shape index (κ1) is 11.7. The van der Waals surface area contributed by atoms with Crippen LogP contribution in [0.1, 0.15) is 13.3 Å². The summed E-state index contributed by atoms with van der Waals surface area (Å²) < 4.78 is 0. The lowest BCUT2D eigenvalue weighted by molar-refractivity contribution is -0.299. The molecule has 0 aromatic carbocycles. The number of rotatable bonds is 3. The Morgan fingerprint density at radius 2 is 1.89 bits per heavy atom. The number of nitrogens with zero attached hydrogens (tertiary/aromatic N) is 1. The van der Waals surface area contributed by atoms with E-state index in [9.17, 15) is 0 Å². The van der Waals surface area contributed by atoms with Crippen LogP contribution in [0.15, 0.2) is 12.2 Å². The van der Waals surface area contributed by atoms with Gasteiger partial charge in [-0.3, -0.25) is 10.4 Å². The summed E-state index contributed by atoms with van der Waals surface area (Å²) in [5.41, 5.74) is 0. The fourth-order valence-electron chi connectivity index (χ4n) is 0.335. The van der Waals surface area contributed by atoms with E-state index in [1.54, 1.807) is 6.08 Å². The van der Waals surface area contributed by atoms with Gasteiger partial charge in [0.15, 0.2) is 0 Å². The van der Waals surface area contributed by atoms with E-state index in [0.29, 0.717) is 0 Å². The summed E-state index contributed by atoms with van der Waals surface area (Å²) in [4.78, 5) is 0. The van der Waals surface area contributed by atoms with Gasteiger partial charge in [0.05, 0.1) is 6.54 Å². The van der Waals surface area contributed by atoms with E-state index in [2.05, 4.69) is 0 Å². The van der Waals surface area contributed by atoms with Crippen LogP contribution in [-0.4, -0.2) is 22.2 Å². The Balaban J connectivity index is 0. The number of hydrogen-bond acceptors (Lipinski definition) is 3. The summed E-state index contributed by atoms with van der Waals surface area (Å²) in [5, 5.41) is 16.4. The van der Waals surface area contributed by atoms with Crippen molar-refractivity contribution in [3.05, 3.63) is 12.2 Å². The first-order chi connectivity index (χ1) is 3.77. The van der Waals surface area contributed by atoms with Gasteiger partial charge in [0.1, 0.15) is 0 Å². The summed E-state index contributed by atoms with van der Waals surface area (Å²) in [5.74, 6) is 0. The maximum atomic E-state index is 8.12. The van der Waals surface area contributed by atoms with Gasteiger partial charge >= 0.3 is 0 Å². The van der Waals surface area contributed by atoms with E-state index in [0.717, 1.165) is 6.42 Å². The quantitative estimate of drug-likeness (QED) is 0.477. The van der Waals surface area contributed by atoms with Crippen molar-refractivity contribution in [2.45, 2.75) is 13.3 Å². The average Bonchev–Trinajstić information content (AvgIpc) is 1.66. The maximum Gasteiger partial charge on any atom is 0.0693 e. The fraction of sp³-hybridized carbons (Fsp3) is 0.600. The Hall–Kier alpha value is -0.0900. The van der Waals surface area contributed by atoms with E-state index in [4.69, 9.17) is 10.4 Å². The first-order valence-corrected chi connectivity index (χ1v) is 2.57. The molecule has 0 heterocycles. The molecule has 0 aliphatic rings. The van der Waals surface area contributed by atoms with Gasteiger partial charge in [0, 0.05) is 0 Å². The van der Waals surface area contributed by atoms with E-state index < -0.39 is 0 Å². The molecule has 0 rings (SSSR count). The van der Waals surface area contributed by atoms with Crippen molar-refractivity contribution in [3.63, 3.8) is 0 Å². The highest BCUT2D eigenvalue weighted by atomic mass is 35.5. The van der Waals surface area contributed by atoms with Gasteiger partial charge < -0.3 is 0 Å². The van der Waals surface area contributed by atoms with Crippen LogP contribution in [0.3, 0.4) is 0 Å². The largest absolute Gasteiger partial charge is 0.289 e. The average molecular weight is 154 g/mol. The Labute approximate surface area is 60.9 Å². The smallest absolute Gasteiger partial charge is 0.0693 e. The zero-order valence-electron chi connectivity index (χ0n) is 5.32. The molecule has 0 unspecified atom stereocenters. The number of halogens is 1. The summed E-state index contributed by atoms with van der Waals surface area (Å²) in [6, 6.07) is 0. The SMILES string of the molecule is CCC=CCN(O)O.Cl. The third kappa shape index (κ3) is 11.5. The number of allylic oxidation sites excluding steroid dienone is 1. The number of hydroxylamine groups is 2. The molecule has 2 N–H and O–H groups in total. The maximum absolute atomic E-state index is 8.12. The highest BCUT2D eigenvalue weighted by molar-refractivity contribution is 5.85. The fourth-order valence-corrected chi connectivity index (χ4v) is 0.335. The minimum atomic E-state index is 0. The van der Waals surface area contributed by atoms with Crippen LogP contribution in [0.4, 0.5) is 0 Å². The van der Waals surface area contributed by atoms with Gasteiger partial charge in [-0.2, -0.15) is 0 Å². The molecule has 0 spiro atoms. The Kier molecular flexibility index (Phi) is 10.3. The zero-order chi connectivity index (χ0) is 6.41. The molecule has 0 aliphatic heterocycles. The van der Waals surface area contributed by atoms with Crippen LogP contribution in [0.2, 0.25) is 0 Å². The Bertz CT molecular complexity index is 75.4. The number of hydrogen-bond donors (Lipinski definition) is 2. The van der Waals surface area contributed by atoms with Crippen molar-refractivity contribution < 1.29 is 10.4 Å². The molecule has 3 nitrogen and oxygen atoms in total. The normalized spacial score (nSPS) is 10.2. The Morgan fingerprint density at radius 1 is 1.33 bits per heavy atom. The van der Waals surface area contributed by atoms with Crippen molar-refractivity contribution >= 4 is 12.4 Å². The molecule has 0 aromatic rings. The highest BCUT2D eigenvalue weighted by Crippen LogP contribution is 1.79. The van der Waals surface area contributed by atoms with Crippen LogP contribution in [0, 0.1) is 0 Å². The summed E-state index contributed by atoms with van der Waals surface area (Å²) in [6.45, 7) is 2.16. The molecule has 0 amide bonds. The van der Waals surface area contributed by atoms with Crippen molar-refractivity contribution in [3.8, 4) is 0 Å². The molecular formula is C5H12ClNO2. The van der Waals surface area contributed by atoms with E-state index in [1.165, 1.54) is 0 Å². The molecular weight excluding hydrogens is 142 g/mol. The topological polar surface area (TPSA) is 43.7 Å². The lowest BCUT2D eigenvalue weighted by Crippen LogP contribution is -2.12. The molecule has 0 fully saturated rings. The predicted molar refractivity (Wildman–Crippen MR) is 37.0 cm³/mol. The minimum absolute atomic E-state index is 0. The molecule has 0 aromatic heterocycles. The molecule has 0 aliphatic carbocycles. The van der Waals surface area contributed by atoms with Crippen LogP contribution in [0.25, 0.3) is 0 Å². The lowest BCUT2D eigenvalue weighted by Gasteiger charge is -1.98. The van der Waals surface area contributed by atoms with Gasteiger partial charge in [-0.05, 0) is 6.42 Å². The highest BCUT2D eigenvalue weighted by Gasteiger charge is 1.82. The molecule has 0 bridgehead atoms. The van der Waals surface area contributed by atoms with Gasteiger partial charge in [0.2, 0.25) is 0 Å². The monoisotopic (exact) mass is 153 g/mol. The van der Waals surface area contributed by atoms with Crippen LogP contribution in [-0.2, 0) is 0 Å². The van der Waals surface area contributed by atoms with E-state index in [-0.39, 0.29) is 24.2 Å². The standard InChI is InChI=1S/C5H11NO2.ClH/c1-2-3-4-5-6(7)8;/h3-4,7-8H,2,5H2,1H3;1H. The molecule has 56 valence electrons. The van der Waals surface area contributed by atoms with Gasteiger partial charge in [-0.25, -0.2) is 0 Å². The minimum Gasteiger partial charge on any atom is -0.289 e. The van der Waals surface area contributed by atoms with Crippen molar-refractivity contribution in [2.75, 3.05) is 6.54 Å². The van der Waals surface area contributed by atoms with E-state index >= 15 is 0 Å². The third-order valence-electron chi connectivity index (χ3n) is 0.671. The van der Waals surface area contributed by atoms with Crippen LogP contribution in [0.5, 0.6) is 0 Å². The second-order valence-corrected chi connectivity index (χ2v) is 1.43. The molecule has 0 saturated heterocycles. The molecule has 4 heteroatoms. The molecule has 9 heavy (non-hydrogen) atoms. The first-order valence-electron chi connectivity index (χ1n) is 2.57. The molecule has 0 saturated carbocycles. The second kappa shape index (κ2) is 7.91. The zero-order valence-corrected chi connectivity index (χ0v) is 6.14. The summed E-state index contributed by atoms with van der Waals surface area (Å²) in [7, 11) is 0. The van der Waals surface area contributed by atoms with Crippen molar-refractivity contribution in [2.24, 2.45) is 0 Å². The second-order valence-electron chi connectivity index (χ2n) is 1.43. The van der Waals surface area contributed by atoms with Crippen LogP contribution < -0.4 is 0 Å². The van der Waals surface area contributed by atoms with Gasteiger partial charge in [0.25, 0.3) is 0 Å². The summed E-state index contributed by atoms with van der Waals surface area (Å²) >= 11 is 0. The predicted octanol–water partition coefficient (Wildman–Crippen LogP) is 1.45. The van der Waals surface area contributed by atoms with E-state index in [1.807, 2.05) is 13.0 Å². The van der Waals surface area contributed by atoms with Crippen LogP contribution >= 0.6 is 12.4 Å². The summed E-state index contributed by atoms with van der Waals surface area (Å²) in [6.07, 6.45) is 4.47. The van der Waals surface area contributed by atoms with Crippen molar-refractivity contribution in [1.82, 2.24) is 5.23 Å².